The first-order valence-corrected chi connectivity index (χ1v) is 7.37. The van der Waals surface area contributed by atoms with Crippen LogP contribution in [0.2, 0.25) is 0 Å². The molecule has 0 spiro atoms. The minimum Gasteiger partial charge on any atom is -0.362 e. The summed E-state index contributed by atoms with van der Waals surface area (Å²) in [5, 5.41) is 18.9. The zero-order valence-corrected chi connectivity index (χ0v) is 12.7. The predicted octanol–water partition coefficient (Wildman–Crippen LogP) is 4.15. The number of hydrogen-bond donors (Lipinski definition) is 2. The summed E-state index contributed by atoms with van der Waals surface area (Å²) >= 11 is 0. The Kier molecular flexibility index (Phi) is 6.69. The van der Waals surface area contributed by atoms with Crippen molar-refractivity contribution < 1.29 is 10.2 Å². The molecule has 1 aromatic carbocycles. The van der Waals surface area contributed by atoms with Crippen LogP contribution in [-0.4, -0.2) is 16.0 Å². The van der Waals surface area contributed by atoms with E-state index in [4.69, 9.17) is 0 Å². The maximum atomic E-state index is 9.43. The molecule has 2 heteroatoms. The topological polar surface area (TPSA) is 40.5 Å². The molecular formula is C18H26O2. The Labute approximate surface area is 122 Å². The van der Waals surface area contributed by atoms with Crippen molar-refractivity contribution in [1.29, 1.82) is 0 Å². The molecule has 2 N–H and O–H groups in total. The van der Waals surface area contributed by atoms with Crippen LogP contribution < -0.4 is 0 Å². The molecule has 110 valence electrons. The third kappa shape index (κ3) is 5.72. The van der Waals surface area contributed by atoms with E-state index in [0.29, 0.717) is 0 Å². The van der Waals surface area contributed by atoms with Gasteiger partial charge in [0.25, 0.3) is 0 Å². The minimum absolute atomic E-state index is 0.244. The van der Waals surface area contributed by atoms with Gasteiger partial charge < -0.3 is 10.2 Å². The van der Waals surface area contributed by atoms with E-state index in [1.54, 1.807) is 6.08 Å². The molecule has 0 heterocycles. The van der Waals surface area contributed by atoms with E-state index >= 15 is 0 Å². The molecule has 2 rings (SSSR count). The van der Waals surface area contributed by atoms with Gasteiger partial charge in [-0.25, -0.2) is 0 Å². The summed E-state index contributed by atoms with van der Waals surface area (Å²) < 4.78 is 0. The molecule has 1 aliphatic carbocycles. The van der Waals surface area contributed by atoms with Crippen molar-refractivity contribution in [2.45, 2.75) is 45.8 Å². The normalized spacial score (nSPS) is 16.4. The van der Waals surface area contributed by atoms with E-state index in [0.717, 1.165) is 17.1 Å². The smallest absolute Gasteiger partial charge is 0.187 e. The van der Waals surface area contributed by atoms with E-state index in [9.17, 15) is 10.2 Å². The van der Waals surface area contributed by atoms with Gasteiger partial charge in [-0.2, -0.15) is 0 Å². The third-order valence-electron chi connectivity index (χ3n) is 3.65. The molecule has 0 aliphatic heterocycles. The third-order valence-corrected chi connectivity index (χ3v) is 3.65. The SMILES string of the molecule is CCC(C)CC.OC1(O)C=CC=C(c2ccccc2)C1. The van der Waals surface area contributed by atoms with Gasteiger partial charge >= 0.3 is 0 Å². The summed E-state index contributed by atoms with van der Waals surface area (Å²) in [4.78, 5) is 0. The summed E-state index contributed by atoms with van der Waals surface area (Å²) in [5.41, 5.74) is 1.97. The molecule has 20 heavy (non-hydrogen) atoms. The van der Waals surface area contributed by atoms with Gasteiger partial charge in [-0.05, 0) is 23.1 Å². The molecule has 1 aliphatic rings. The van der Waals surface area contributed by atoms with Gasteiger partial charge in [-0.1, -0.05) is 76.1 Å². The van der Waals surface area contributed by atoms with Crippen LogP contribution in [0.25, 0.3) is 5.57 Å². The molecule has 0 amide bonds. The highest BCUT2D eigenvalue weighted by molar-refractivity contribution is 5.69. The standard InChI is InChI=1S/C12H12O2.C6H14/c13-12(14)8-4-7-11(9-12)10-5-2-1-3-6-10;1-4-6(3)5-2/h1-8,13-14H,9H2;6H,4-5H2,1-3H3. The van der Waals surface area contributed by atoms with Crippen molar-refractivity contribution in [3.8, 4) is 0 Å². The lowest BCUT2D eigenvalue weighted by Crippen LogP contribution is -2.26. The highest BCUT2D eigenvalue weighted by Gasteiger charge is 2.23. The Morgan fingerprint density at radius 1 is 1.10 bits per heavy atom. The Bertz CT molecular complexity index is 440. The van der Waals surface area contributed by atoms with Gasteiger partial charge in [0.05, 0.1) is 0 Å². The molecule has 1 aromatic rings. The second-order valence-corrected chi connectivity index (χ2v) is 5.39. The summed E-state index contributed by atoms with van der Waals surface area (Å²) in [6.45, 7) is 6.74. The summed E-state index contributed by atoms with van der Waals surface area (Å²) in [6, 6.07) is 9.73. The van der Waals surface area contributed by atoms with Crippen LogP contribution in [0.1, 0.15) is 45.6 Å². The van der Waals surface area contributed by atoms with Gasteiger partial charge in [0.1, 0.15) is 0 Å². The highest BCUT2D eigenvalue weighted by atomic mass is 16.5. The first kappa shape index (κ1) is 16.7. The molecule has 2 nitrogen and oxygen atoms in total. The monoisotopic (exact) mass is 274 g/mol. The fourth-order valence-electron chi connectivity index (χ4n) is 1.86. The van der Waals surface area contributed by atoms with Crippen molar-refractivity contribution in [3.05, 3.63) is 54.1 Å². The average Bonchev–Trinajstić information content (AvgIpc) is 2.47. The fourth-order valence-corrected chi connectivity index (χ4v) is 1.86. The highest BCUT2D eigenvalue weighted by Crippen LogP contribution is 2.27. The van der Waals surface area contributed by atoms with E-state index in [-0.39, 0.29) is 6.42 Å². The second-order valence-electron chi connectivity index (χ2n) is 5.39. The summed E-state index contributed by atoms with van der Waals surface area (Å²) in [5.74, 6) is -0.759. The largest absolute Gasteiger partial charge is 0.362 e. The first-order chi connectivity index (χ1) is 9.48. The Balaban J connectivity index is 0.000000286. The second kappa shape index (κ2) is 8.03. The molecule has 0 unspecified atom stereocenters. The van der Waals surface area contributed by atoms with Crippen molar-refractivity contribution in [2.24, 2.45) is 5.92 Å². The quantitative estimate of drug-likeness (QED) is 0.813. The lowest BCUT2D eigenvalue weighted by atomic mass is 9.94. The molecule has 0 saturated carbocycles. The predicted molar refractivity (Wildman–Crippen MR) is 85.1 cm³/mol. The number of aliphatic hydroxyl groups is 2. The lowest BCUT2D eigenvalue weighted by Gasteiger charge is -2.22. The van der Waals surface area contributed by atoms with Gasteiger partial charge in [-0.3, -0.25) is 0 Å². The average molecular weight is 274 g/mol. The van der Waals surface area contributed by atoms with Crippen LogP contribution in [0, 0.1) is 5.92 Å². The lowest BCUT2D eigenvalue weighted by molar-refractivity contribution is -0.113. The van der Waals surface area contributed by atoms with Crippen LogP contribution in [0.15, 0.2) is 48.6 Å². The Morgan fingerprint density at radius 3 is 2.15 bits per heavy atom. The maximum Gasteiger partial charge on any atom is 0.187 e. The first-order valence-electron chi connectivity index (χ1n) is 7.37. The van der Waals surface area contributed by atoms with Crippen molar-refractivity contribution >= 4 is 5.57 Å². The van der Waals surface area contributed by atoms with Crippen LogP contribution in [0.4, 0.5) is 0 Å². The zero-order valence-electron chi connectivity index (χ0n) is 12.7. The molecule has 0 radical (unpaired) electrons. The van der Waals surface area contributed by atoms with Crippen LogP contribution in [0.3, 0.4) is 0 Å². The Hall–Kier alpha value is -1.38. The molecule has 0 aromatic heterocycles. The molecule has 0 fully saturated rings. The van der Waals surface area contributed by atoms with Crippen LogP contribution in [-0.2, 0) is 0 Å². The van der Waals surface area contributed by atoms with Crippen molar-refractivity contribution in [3.63, 3.8) is 0 Å². The number of rotatable bonds is 3. The molecule has 0 saturated heterocycles. The Morgan fingerprint density at radius 2 is 1.70 bits per heavy atom. The minimum atomic E-state index is -1.69. The molecule has 0 bridgehead atoms. The fraction of sp³-hybridized carbons (Fsp3) is 0.444. The van der Waals surface area contributed by atoms with Crippen LogP contribution in [0.5, 0.6) is 0 Å². The van der Waals surface area contributed by atoms with E-state index in [1.807, 2.05) is 36.4 Å². The van der Waals surface area contributed by atoms with E-state index in [2.05, 4.69) is 20.8 Å². The van der Waals surface area contributed by atoms with E-state index < -0.39 is 5.79 Å². The summed E-state index contributed by atoms with van der Waals surface area (Å²) in [6.07, 6.45) is 7.87. The maximum absolute atomic E-state index is 9.43. The number of allylic oxidation sites excluding steroid dienone is 2. The van der Waals surface area contributed by atoms with Gasteiger partial charge in [0.2, 0.25) is 0 Å². The van der Waals surface area contributed by atoms with Crippen molar-refractivity contribution in [1.82, 2.24) is 0 Å². The van der Waals surface area contributed by atoms with Gasteiger partial charge in [0.15, 0.2) is 5.79 Å². The molecular weight excluding hydrogens is 248 g/mol. The number of benzene rings is 1. The summed E-state index contributed by atoms with van der Waals surface area (Å²) in [7, 11) is 0. The van der Waals surface area contributed by atoms with Crippen molar-refractivity contribution in [2.75, 3.05) is 0 Å². The van der Waals surface area contributed by atoms with E-state index in [1.165, 1.54) is 18.9 Å². The van der Waals surface area contributed by atoms with Gasteiger partial charge in [0, 0.05) is 6.42 Å². The zero-order chi connectivity index (χ0) is 15.0. The number of hydrogen-bond acceptors (Lipinski definition) is 2. The van der Waals surface area contributed by atoms with Crippen LogP contribution >= 0.6 is 0 Å². The molecule has 0 atom stereocenters. The van der Waals surface area contributed by atoms with Gasteiger partial charge in [-0.15, -0.1) is 0 Å².